The van der Waals surface area contributed by atoms with Crippen molar-refractivity contribution < 1.29 is 14.7 Å². The Balaban J connectivity index is 1.81. The molecule has 2 fully saturated rings. The molecule has 1 atom stereocenters. The monoisotopic (exact) mass is 317 g/mol. The minimum absolute atomic E-state index is 0.0272. The molecule has 1 aromatic rings. The van der Waals surface area contributed by atoms with Crippen LogP contribution in [0.15, 0.2) is 18.2 Å². The van der Waals surface area contributed by atoms with E-state index in [-0.39, 0.29) is 17.6 Å². The van der Waals surface area contributed by atoms with Crippen molar-refractivity contribution in [1.82, 2.24) is 15.1 Å². The smallest absolute Gasteiger partial charge is 0.254 e. The van der Waals surface area contributed by atoms with E-state index in [0.717, 1.165) is 31.5 Å². The van der Waals surface area contributed by atoms with Crippen molar-refractivity contribution in [1.29, 1.82) is 0 Å². The Hall–Kier alpha value is -2.08. The molecule has 6 nitrogen and oxygen atoms in total. The fourth-order valence-electron chi connectivity index (χ4n) is 3.22. The van der Waals surface area contributed by atoms with Gasteiger partial charge in [0.2, 0.25) is 5.91 Å². The third-order valence-corrected chi connectivity index (χ3v) is 4.66. The Bertz CT molecular complexity index is 611. The molecule has 2 amide bonds. The van der Waals surface area contributed by atoms with Crippen molar-refractivity contribution in [2.24, 2.45) is 0 Å². The third-order valence-electron chi connectivity index (χ3n) is 4.66. The highest BCUT2D eigenvalue weighted by molar-refractivity contribution is 5.98. The molecule has 0 unspecified atom stereocenters. The lowest BCUT2D eigenvalue weighted by Crippen LogP contribution is -2.59. The van der Waals surface area contributed by atoms with Gasteiger partial charge in [-0.05, 0) is 37.5 Å². The molecular weight excluding hydrogens is 294 g/mol. The number of piperazine rings is 1. The second-order valence-corrected chi connectivity index (χ2v) is 6.25. The number of aryl methyl sites for hydroxylation is 1. The van der Waals surface area contributed by atoms with E-state index in [9.17, 15) is 14.7 Å². The molecule has 6 heteroatoms. The number of amides is 2. The number of phenols is 1. The summed E-state index contributed by atoms with van der Waals surface area (Å²) in [6.07, 6.45) is 2.07. The zero-order valence-corrected chi connectivity index (χ0v) is 13.4. The molecule has 0 bridgehead atoms. The van der Waals surface area contributed by atoms with Gasteiger partial charge in [-0.3, -0.25) is 9.59 Å². The van der Waals surface area contributed by atoms with Crippen molar-refractivity contribution in [2.45, 2.75) is 25.8 Å². The minimum atomic E-state index is -0.460. The summed E-state index contributed by atoms with van der Waals surface area (Å²) < 4.78 is 0. The zero-order chi connectivity index (χ0) is 16.4. The van der Waals surface area contributed by atoms with E-state index in [1.54, 1.807) is 24.0 Å². The van der Waals surface area contributed by atoms with E-state index in [1.165, 1.54) is 6.07 Å². The third kappa shape index (κ3) is 3.17. The van der Waals surface area contributed by atoms with Crippen molar-refractivity contribution in [2.75, 3.05) is 32.7 Å². The molecule has 2 aliphatic heterocycles. The Morgan fingerprint density at radius 3 is 2.65 bits per heavy atom. The van der Waals surface area contributed by atoms with Crippen LogP contribution in [0, 0.1) is 6.92 Å². The molecule has 0 saturated carbocycles. The van der Waals surface area contributed by atoms with Gasteiger partial charge in [-0.2, -0.15) is 0 Å². The van der Waals surface area contributed by atoms with Gasteiger partial charge < -0.3 is 20.2 Å². The maximum absolute atomic E-state index is 12.8. The van der Waals surface area contributed by atoms with E-state index in [4.69, 9.17) is 0 Å². The first-order chi connectivity index (χ1) is 11.1. The second kappa shape index (κ2) is 6.58. The number of rotatable bonds is 2. The molecule has 0 radical (unpaired) electrons. The normalized spacial score (nSPS) is 21.5. The van der Waals surface area contributed by atoms with Crippen LogP contribution in [-0.2, 0) is 4.79 Å². The lowest BCUT2D eigenvalue weighted by Gasteiger charge is -2.37. The van der Waals surface area contributed by atoms with Crippen LogP contribution in [0.2, 0.25) is 0 Å². The predicted molar refractivity (Wildman–Crippen MR) is 86.4 cm³/mol. The molecule has 124 valence electrons. The van der Waals surface area contributed by atoms with Gasteiger partial charge in [0, 0.05) is 38.3 Å². The number of carbonyl (C=O) groups is 2. The number of aromatic hydroxyl groups is 1. The number of hydrogen-bond acceptors (Lipinski definition) is 4. The average Bonchev–Trinajstić information content (AvgIpc) is 3.10. The Morgan fingerprint density at radius 1 is 1.22 bits per heavy atom. The van der Waals surface area contributed by atoms with Gasteiger partial charge in [-0.1, -0.05) is 6.07 Å². The Kier molecular flexibility index (Phi) is 4.52. The van der Waals surface area contributed by atoms with Crippen LogP contribution < -0.4 is 5.32 Å². The van der Waals surface area contributed by atoms with Gasteiger partial charge in [0.15, 0.2) is 0 Å². The minimum Gasteiger partial charge on any atom is -0.508 e. The number of phenolic OH excluding ortho intramolecular Hbond substituents is 1. The predicted octanol–water partition coefficient (Wildman–Crippen LogP) is 0.737. The molecule has 0 aromatic heterocycles. The topological polar surface area (TPSA) is 72.9 Å². The number of carbonyl (C=O) groups excluding carboxylic acids is 2. The van der Waals surface area contributed by atoms with Crippen LogP contribution in [0.1, 0.15) is 28.8 Å². The molecule has 2 heterocycles. The summed E-state index contributed by atoms with van der Waals surface area (Å²) in [4.78, 5) is 29.0. The number of hydrogen-bond donors (Lipinski definition) is 2. The van der Waals surface area contributed by atoms with Crippen LogP contribution in [0.3, 0.4) is 0 Å². The van der Waals surface area contributed by atoms with E-state index in [1.807, 2.05) is 4.90 Å². The molecule has 3 rings (SSSR count). The molecule has 0 spiro atoms. The first-order valence-corrected chi connectivity index (χ1v) is 8.18. The number of nitrogens with zero attached hydrogens (tertiary/aromatic N) is 2. The van der Waals surface area contributed by atoms with Gasteiger partial charge in [-0.15, -0.1) is 0 Å². The lowest BCUT2D eigenvalue weighted by molar-refractivity contribution is -0.135. The van der Waals surface area contributed by atoms with E-state index >= 15 is 0 Å². The standard InChI is InChI=1S/C17H23N3O3/c1-12-4-5-13(10-15(12)21)16(22)20-9-6-18-11-14(20)17(23)19-7-2-3-8-19/h4-5,10,14,18,21H,2-3,6-9,11H2,1H3/t14-/m0/s1. The first kappa shape index (κ1) is 15.8. The largest absolute Gasteiger partial charge is 0.508 e. The molecule has 2 saturated heterocycles. The van der Waals surface area contributed by atoms with Crippen molar-refractivity contribution in [3.63, 3.8) is 0 Å². The fourth-order valence-corrected chi connectivity index (χ4v) is 3.22. The van der Waals surface area contributed by atoms with Crippen LogP contribution in [0.25, 0.3) is 0 Å². The quantitative estimate of drug-likeness (QED) is 0.844. The SMILES string of the molecule is Cc1ccc(C(=O)N2CCNC[C@H]2C(=O)N2CCCC2)cc1O. The molecule has 23 heavy (non-hydrogen) atoms. The first-order valence-electron chi connectivity index (χ1n) is 8.18. The van der Waals surface area contributed by atoms with E-state index in [2.05, 4.69) is 5.32 Å². The molecule has 2 aliphatic rings. The summed E-state index contributed by atoms with van der Waals surface area (Å²) >= 11 is 0. The van der Waals surface area contributed by atoms with Crippen molar-refractivity contribution in [3.05, 3.63) is 29.3 Å². The highest BCUT2D eigenvalue weighted by atomic mass is 16.3. The van der Waals surface area contributed by atoms with E-state index in [0.29, 0.717) is 25.2 Å². The van der Waals surface area contributed by atoms with Gasteiger partial charge in [0.05, 0.1) is 0 Å². The number of likely N-dealkylation sites (tertiary alicyclic amines) is 1. The summed E-state index contributed by atoms with van der Waals surface area (Å²) in [7, 11) is 0. The number of nitrogens with one attached hydrogen (secondary N) is 1. The van der Waals surface area contributed by atoms with Crippen LogP contribution in [0.5, 0.6) is 5.75 Å². The molecule has 1 aromatic carbocycles. The van der Waals surface area contributed by atoms with Gasteiger partial charge >= 0.3 is 0 Å². The van der Waals surface area contributed by atoms with Gasteiger partial charge in [0.1, 0.15) is 11.8 Å². The van der Waals surface area contributed by atoms with Crippen LogP contribution in [-0.4, -0.2) is 65.5 Å². The molecule has 2 N–H and O–H groups in total. The summed E-state index contributed by atoms with van der Waals surface area (Å²) in [5.74, 6) is -0.0628. The van der Waals surface area contributed by atoms with Crippen molar-refractivity contribution in [3.8, 4) is 5.75 Å². The molecular formula is C17H23N3O3. The summed E-state index contributed by atoms with van der Waals surface area (Å²) in [5.41, 5.74) is 1.15. The van der Waals surface area contributed by atoms with Crippen molar-refractivity contribution >= 4 is 11.8 Å². The maximum Gasteiger partial charge on any atom is 0.254 e. The second-order valence-electron chi connectivity index (χ2n) is 6.25. The van der Waals surface area contributed by atoms with Crippen LogP contribution in [0.4, 0.5) is 0 Å². The summed E-state index contributed by atoms with van der Waals surface area (Å²) in [6.45, 7) is 5.00. The summed E-state index contributed by atoms with van der Waals surface area (Å²) in [6, 6.07) is 4.45. The lowest BCUT2D eigenvalue weighted by atomic mass is 10.1. The number of benzene rings is 1. The zero-order valence-electron chi connectivity index (χ0n) is 13.4. The molecule has 0 aliphatic carbocycles. The Morgan fingerprint density at radius 2 is 1.96 bits per heavy atom. The Labute approximate surface area is 136 Å². The summed E-state index contributed by atoms with van der Waals surface area (Å²) in [5, 5.41) is 13.0. The average molecular weight is 317 g/mol. The van der Waals surface area contributed by atoms with Crippen LogP contribution >= 0.6 is 0 Å². The van der Waals surface area contributed by atoms with Gasteiger partial charge in [-0.25, -0.2) is 0 Å². The van der Waals surface area contributed by atoms with Gasteiger partial charge in [0.25, 0.3) is 5.91 Å². The fraction of sp³-hybridized carbons (Fsp3) is 0.529. The highest BCUT2D eigenvalue weighted by Gasteiger charge is 2.35. The maximum atomic E-state index is 12.8. The highest BCUT2D eigenvalue weighted by Crippen LogP contribution is 2.21. The van der Waals surface area contributed by atoms with E-state index < -0.39 is 6.04 Å².